The number of amides is 1. The number of ether oxygens (including phenoxy) is 1. The van der Waals surface area contributed by atoms with Crippen LogP contribution >= 0.6 is 11.8 Å². The van der Waals surface area contributed by atoms with E-state index in [1.165, 1.54) is 7.11 Å². The first-order valence-corrected chi connectivity index (χ1v) is 7.38. The van der Waals surface area contributed by atoms with Crippen molar-refractivity contribution in [1.82, 2.24) is 4.90 Å². The summed E-state index contributed by atoms with van der Waals surface area (Å²) in [6.07, 6.45) is 0. The Morgan fingerprint density at radius 1 is 1.45 bits per heavy atom. The molecule has 3 atom stereocenters. The average molecular weight is 295 g/mol. The van der Waals surface area contributed by atoms with Gasteiger partial charge in [0.2, 0.25) is 5.54 Å². The van der Waals surface area contributed by atoms with Crippen molar-refractivity contribution in [2.24, 2.45) is 10.2 Å². The van der Waals surface area contributed by atoms with Crippen LogP contribution in [0, 0.1) is 0 Å². The Bertz CT molecular complexity index is 583. The van der Waals surface area contributed by atoms with Crippen molar-refractivity contribution >= 4 is 23.6 Å². The van der Waals surface area contributed by atoms with Crippen LogP contribution in [0.15, 0.2) is 21.5 Å². The fourth-order valence-electron chi connectivity index (χ4n) is 3.04. The van der Waals surface area contributed by atoms with E-state index < -0.39 is 11.5 Å². The van der Waals surface area contributed by atoms with Crippen LogP contribution in [-0.4, -0.2) is 45.6 Å². The van der Waals surface area contributed by atoms with Gasteiger partial charge >= 0.3 is 5.97 Å². The summed E-state index contributed by atoms with van der Waals surface area (Å²) in [5.41, 5.74) is -0.393. The number of allylic oxidation sites excluding steroid dienone is 1. The lowest BCUT2D eigenvalue weighted by atomic mass is 9.79. The van der Waals surface area contributed by atoms with Crippen LogP contribution in [0.5, 0.6) is 0 Å². The Hall–Kier alpha value is -1.37. The molecule has 0 aromatic carbocycles. The molecular weight excluding hydrogens is 278 g/mol. The van der Waals surface area contributed by atoms with E-state index in [1.807, 2.05) is 11.8 Å². The number of azo groups is 1. The van der Waals surface area contributed by atoms with Crippen LogP contribution in [0.25, 0.3) is 0 Å². The molecule has 6 nitrogen and oxygen atoms in total. The number of nitrogens with zero attached hydrogens (tertiary/aromatic N) is 3. The molecule has 0 bridgehead atoms. The van der Waals surface area contributed by atoms with Gasteiger partial charge in [0.05, 0.1) is 12.8 Å². The monoisotopic (exact) mass is 295 g/mol. The van der Waals surface area contributed by atoms with Crippen LogP contribution in [0.2, 0.25) is 0 Å². The maximum absolute atomic E-state index is 12.7. The first kappa shape index (κ1) is 13.6. The number of fused-ring (bicyclic) bond motifs is 2. The van der Waals surface area contributed by atoms with Crippen LogP contribution in [0.1, 0.15) is 27.7 Å². The third kappa shape index (κ3) is 1.31. The number of carbonyl (C=O) groups excluding carboxylic acids is 2. The van der Waals surface area contributed by atoms with Gasteiger partial charge in [0.15, 0.2) is 0 Å². The van der Waals surface area contributed by atoms with Gasteiger partial charge in [-0.05, 0) is 27.7 Å². The highest BCUT2D eigenvalue weighted by Crippen LogP contribution is 2.60. The number of esters is 1. The van der Waals surface area contributed by atoms with Crippen LogP contribution in [0.3, 0.4) is 0 Å². The second-order valence-electron chi connectivity index (χ2n) is 5.88. The van der Waals surface area contributed by atoms with Gasteiger partial charge in [0.1, 0.15) is 10.9 Å². The molecule has 3 rings (SSSR count). The summed E-state index contributed by atoms with van der Waals surface area (Å²) in [6.45, 7) is 7.91. The minimum absolute atomic E-state index is 0.0724. The maximum atomic E-state index is 12.7. The van der Waals surface area contributed by atoms with Gasteiger partial charge in [0, 0.05) is 10.8 Å². The lowest BCUT2D eigenvalue weighted by Crippen LogP contribution is -2.72. The normalized spacial score (nSPS) is 37.5. The predicted octanol–water partition coefficient (Wildman–Crippen LogP) is 1.72. The molecular formula is C13H17N3O3S. The summed E-state index contributed by atoms with van der Waals surface area (Å²) in [6, 6.07) is 0.102. The SMILES string of the molecule is COC(=O)C1=C(C)N=NC12C(=O)N1[C@@H](C)C(C)(C)S[C@@H]12. The fourth-order valence-corrected chi connectivity index (χ4v) is 4.76. The zero-order valence-electron chi connectivity index (χ0n) is 12.1. The second kappa shape index (κ2) is 3.84. The van der Waals surface area contributed by atoms with Crippen molar-refractivity contribution in [3.8, 4) is 0 Å². The number of hydrogen-bond donors (Lipinski definition) is 0. The summed E-state index contributed by atoms with van der Waals surface area (Å²) in [7, 11) is 1.31. The van der Waals surface area contributed by atoms with Crippen molar-refractivity contribution in [1.29, 1.82) is 0 Å². The third-order valence-corrected chi connectivity index (χ3v) is 6.24. The summed E-state index contributed by atoms with van der Waals surface area (Å²) in [5.74, 6) is -0.660. The first-order valence-electron chi connectivity index (χ1n) is 6.50. The molecule has 0 aromatic rings. The maximum Gasteiger partial charge on any atom is 0.338 e. The highest BCUT2D eigenvalue weighted by molar-refractivity contribution is 8.01. The minimum atomic E-state index is -1.16. The Kier molecular flexibility index (Phi) is 2.61. The van der Waals surface area contributed by atoms with Crippen LogP contribution < -0.4 is 0 Å². The lowest BCUT2D eigenvalue weighted by Gasteiger charge is -2.49. The number of rotatable bonds is 1. The molecule has 0 aliphatic carbocycles. The molecule has 0 saturated carbocycles. The van der Waals surface area contributed by atoms with E-state index in [0.717, 1.165) is 0 Å². The molecule has 2 fully saturated rings. The molecule has 2 saturated heterocycles. The number of hydrogen-bond acceptors (Lipinski definition) is 6. The fraction of sp³-hybridized carbons (Fsp3) is 0.692. The molecule has 108 valence electrons. The highest BCUT2D eigenvalue weighted by atomic mass is 32.2. The smallest absolute Gasteiger partial charge is 0.338 e. The third-order valence-electron chi connectivity index (χ3n) is 4.50. The van der Waals surface area contributed by atoms with E-state index >= 15 is 0 Å². The van der Waals surface area contributed by atoms with Crippen LogP contribution in [-0.2, 0) is 14.3 Å². The predicted molar refractivity (Wildman–Crippen MR) is 74.1 cm³/mol. The number of methoxy groups -OCH3 is 1. The standard InChI is InChI=1S/C13H17N3O3S/c1-6-8(9(17)19-5)13(15-14-6)10(18)16-7(2)12(3,4)20-11(13)16/h7,11H,1-5H3/t7-,11+,13?/m0/s1. The Balaban J connectivity index is 2.06. The Morgan fingerprint density at radius 2 is 2.10 bits per heavy atom. The Labute approximate surface area is 121 Å². The van der Waals surface area contributed by atoms with E-state index in [9.17, 15) is 9.59 Å². The molecule has 7 heteroatoms. The minimum Gasteiger partial charge on any atom is -0.466 e. The molecule has 3 aliphatic rings. The highest BCUT2D eigenvalue weighted by Gasteiger charge is 2.73. The van der Waals surface area contributed by atoms with E-state index in [4.69, 9.17) is 4.74 Å². The number of β-lactam (4-membered cyclic amide) rings is 1. The second-order valence-corrected chi connectivity index (χ2v) is 7.61. The van der Waals surface area contributed by atoms with Gasteiger partial charge in [-0.2, -0.15) is 10.2 Å². The average Bonchev–Trinajstić information content (AvgIpc) is 2.86. The molecule has 1 amide bonds. The van der Waals surface area contributed by atoms with Gasteiger partial charge in [-0.15, -0.1) is 11.8 Å². The molecule has 1 unspecified atom stereocenters. The molecule has 0 aromatic heterocycles. The molecule has 3 heterocycles. The molecule has 0 radical (unpaired) electrons. The van der Waals surface area contributed by atoms with Gasteiger partial charge < -0.3 is 9.64 Å². The van der Waals surface area contributed by atoms with E-state index in [1.54, 1.807) is 18.7 Å². The van der Waals surface area contributed by atoms with Crippen molar-refractivity contribution in [2.75, 3.05) is 7.11 Å². The summed E-state index contributed by atoms with van der Waals surface area (Å²) in [4.78, 5) is 26.5. The van der Waals surface area contributed by atoms with Crippen molar-refractivity contribution < 1.29 is 14.3 Å². The van der Waals surface area contributed by atoms with Gasteiger partial charge in [-0.1, -0.05) is 0 Å². The zero-order valence-corrected chi connectivity index (χ0v) is 12.9. The largest absolute Gasteiger partial charge is 0.466 e. The van der Waals surface area contributed by atoms with Crippen molar-refractivity contribution in [2.45, 2.75) is 49.4 Å². The van der Waals surface area contributed by atoms with Crippen LogP contribution in [0.4, 0.5) is 0 Å². The topological polar surface area (TPSA) is 71.3 Å². The lowest BCUT2D eigenvalue weighted by molar-refractivity contribution is -0.155. The van der Waals surface area contributed by atoms with Gasteiger partial charge in [-0.25, -0.2) is 4.79 Å². The molecule has 3 aliphatic heterocycles. The molecule has 1 spiro atoms. The summed E-state index contributed by atoms with van der Waals surface area (Å²) < 4.78 is 4.74. The zero-order chi connectivity index (χ0) is 14.9. The summed E-state index contributed by atoms with van der Waals surface area (Å²) in [5, 5.41) is 7.98. The molecule has 0 N–H and O–H groups in total. The van der Waals surface area contributed by atoms with Gasteiger partial charge in [-0.3, -0.25) is 4.79 Å². The summed E-state index contributed by atoms with van der Waals surface area (Å²) >= 11 is 1.67. The van der Waals surface area contributed by atoms with E-state index in [0.29, 0.717) is 11.3 Å². The van der Waals surface area contributed by atoms with Gasteiger partial charge in [0.25, 0.3) is 5.91 Å². The van der Waals surface area contributed by atoms with Crippen molar-refractivity contribution in [3.05, 3.63) is 11.3 Å². The van der Waals surface area contributed by atoms with E-state index in [2.05, 4.69) is 24.1 Å². The van der Waals surface area contributed by atoms with Crippen molar-refractivity contribution in [3.63, 3.8) is 0 Å². The number of thioether (sulfide) groups is 1. The quantitative estimate of drug-likeness (QED) is 0.545. The molecule has 20 heavy (non-hydrogen) atoms. The first-order chi connectivity index (χ1) is 9.27. The number of carbonyl (C=O) groups is 2. The Morgan fingerprint density at radius 3 is 2.70 bits per heavy atom. The van der Waals surface area contributed by atoms with E-state index in [-0.39, 0.29) is 22.1 Å².